The first kappa shape index (κ1) is 23.3. The fourth-order valence-corrected chi connectivity index (χ4v) is 4.97. The minimum Gasteiger partial charge on any atom is -0.388 e. The molecule has 1 aliphatic heterocycles. The minimum atomic E-state index is -0.480. The van der Waals surface area contributed by atoms with Gasteiger partial charge in [0.15, 0.2) is 0 Å². The summed E-state index contributed by atoms with van der Waals surface area (Å²) in [6.07, 6.45) is 4.59. The Labute approximate surface area is 186 Å². The fraction of sp³-hybridized carbons (Fsp3) is 0.545. The molecule has 168 valence electrons. The van der Waals surface area contributed by atoms with Crippen LogP contribution in [0.4, 0.5) is 0 Å². The summed E-state index contributed by atoms with van der Waals surface area (Å²) < 4.78 is 0. The monoisotopic (exact) mass is 444 g/mol. The van der Waals surface area contributed by atoms with E-state index in [1.165, 1.54) is 0 Å². The Balaban J connectivity index is 1.45. The lowest BCUT2D eigenvalue weighted by atomic mass is 10.1. The Bertz CT molecular complexity index is 984. The Morgan fingerprint density at radius 2 is 2.10 bits per heavy atom. The molecular weight excluding hydrogens is 412 g/mol. The van der Waals surface area contributed by atoms with Crippen molar-refractivity contribution >= 4 is 34.4 Å². The summed E-state index contributed by atoms with van der Waals surface area (Å²) in [6, 6.07) is 5.15. The van der Waals surface area contributed by atoms with E-state index in [2.05, 4.69) is 9.97 Å². The second-order valence-electron chi connectivity index (χ2n) is 8.20. The normalized spacial score (nSPS) is 15.9. The van der Waals surface area contributed by atoms with Gasteiger partial charge < -0.3 is 21.4 Å². The van der Waals surface area contributed by atoms with E-state index in [0.29, 0.717) is 48.1 Å². The minimum absolute atomic E-state index is 0.0160. The number of aromatic amines is 1. The maximum Gasteiger partial charge on any atom is 0.258 e. The molecule has 8 nitrogen and oxygen atoms in total. The average molecular weight is 445 g/mol. The molecule has 1 aromatic carbocycles. The van der Waals surface area contributed by atoms with E-state index in [4.69, 9.17) is 16.9 Å². The van der Waals surface area contributed by atoms with Crippen molar-refractivity contribution in [2.24, 2.45) is 11.5 Å². The lowest BCUT2D eigenvalue weighted by Gasteiger charge is -2.33. The third-order valence-electron chi connectivity index (χ3n) is 5.72. The molecule has 0 radical (unpaired) electrons. The van der Waals surface area contributed by atoms with Gasteiger partial charge in [0.25, 0.3) is 5.56 Å². The number of nitrogens with one attached hydrogen (secondary N) is 2. The van der Waals surface area contributed by atoms with Gasteiger partial charge in [-0.15, -0.1) is 0 Å². The molecule has 1 aromatic heterocycles. The van der Waals surface area contributed by atoms with E-state index in [9.17, 15) is 9.59 Å². The number of amidine groups is 1. The number of hydrogen-bond acceptors (Lipinski definition) is 6. The van der Waals surface area contributed by atoms with Crippen LogP contribution in [0.25, 0.3) is 10.9 Å². The Morgan fingerprint density at radius 1 is 1.35 bits per heavy atom. The van der Waals surface area contributed by atoms with Crippen molar-refractivity contribution in [2.75, 3.05) is 13.1 Å². The summed E-state index contributed by atoms with van der Waals surface area (Å²) in [7, 11) is 0. The van der Waals surface area contributed by atoms with Crippen molar-refractivity contribution in [2.45, 2.75) is 62.5 Å². The number of nitrogens with zero attached hydrogens (tertiary/aromatic N) is 2. The number of carbonyl (C=O) groups excluding carboxylic acids is 1. The zero-order chi connectivity index (χ0) is 22.4. The number of piperidine rings is 1. The number of hydrogen-bond donors (Lipinski definition) is 4. The molecule has 1 atom stereocenters. The van der Waals surface area contributed by atoms with Crippen LogP contribution >= 0.6 is 11.8 Å². The molecule has 1 fully saturated rings. The molecule has 1 aliphatic rings. The van der Waals surface area contributed by atoms with Crippen LogP contribution in [-0.2, 0) is 10.5 Å². The van der Waals surface area contributed by atoms with Crippen molar-refractivity contribution in [3.8, 4) is 0 Å². The number of amides is 1. The van der Waals surface area contributed by atoms with Gasteiger partial charge in [0, 0.05) is 24.8 Å². The van der Waals surface area contributed by atoms with Crippen molar-refractivity contribution < 1.29 is 4.79 Å². The van der Waals surface area contributed by atoms with Crippen LogP contribution in [0.1, 0.15) is 49.9 Å². The Hall–Kier alpha value is -2.39. The molecule has 0 saturated carbocycles. The number of para-hydroxylation sites is 1. The predicted molar refractivity (Wildman–Crippen MR) is 126 cm³/mol. The van der Waals surface area contributed by atoms with Gasteiger partial charge in [-0.2, -0.15) is 11.8 Å². The van der Waals surface area contributed by atoms with Crippen molar-refractivity contribution in [3.05, 3.63) is 39.9 Å². The van der Waals surface area contributed by atoms with Gasteiger partial charge in [0.1, 0.15) is 5.82 Å². The molecule has 0 spiro atoms. The predicted octanol–water partition coefficient (Wildman–Crippen LogP) is 2.28. The van der Waals surface area contributed by atoms with Gasteiger partial charge in [-0.05, 0) is 44.2 Å². The highest BCUT2D eigenvalue weighted by Crippen LogP contribution is 2.26. The third-order valence-corrected chi connectivity index (χ3v) is 7.11. The highest BCUT2D eigenvalue weighted by atomic mass is 32.2. The van der Waals surface area contributed by atoms with E-state index in [1.54, 1.807) is 17.8 Å². The van der Waals surface area contributed by atoms with Gasteiger partial charge in [-0.1, -0.05) is 18.6 Å². The summed E-state index contributed by atoms with van der Waals surface area (Å²) >= 11 is 1.78. The van der Waals surface area contributed by atoms with Crippen LogP contribution in [0.5, 0.6) is 0 Å². The summed E-state index contributed by atoms with van der Waals surface area (Å²) in [4.78, 5) is 34.3. The molecule has 1 saturated heterocycles. The molecule has 31 heavy (non-hydrogen) atoms. The van der Waals surface area contributed by atoms with Crippen molar-refractivity contribution in [1.29, 1.82) is 5.41 Å². The second-order valence-corrected chi connectivity index (χ2v) is 9.49. The number of rotatable bonds is 9. The SMILES string of the molecule is Cc1cccc2c(=O)[nH]c(CSC3CCN(C(=O)[C@@H](N)CCCCC(=N)N)CC3)nc12. The van der Waals surface area contributed by atoms with Gasteiger partial charge in [-0.3, -0.25) is 15.0 Å². The number of H-pyrrole nitrogens is 1. The lowest BCUT2D eigenvalue weighted by Crippen LogP contribution is -2.47. The molecule has 3 rings (SSSR count). The van der Waals surface area contributed by atoms with Crippen LogP contribution in [0.3, 0.4) is 0 Å². The Kier molecular flexibility index (Phi) is 8.09. The molecule has 2 heterocycles. The number of likely N-dealkylation sites (tertiary alicyclic amines) is 1. The van der Waals surface area contributed by atoms with Crippen LogP contribution in [0.2, 0.25) is 0 Å². The smallest absolute Gasteiger partial charge is 0.258 e. The zero-order valence-electron chi connectivity index (χ0n) is 18.0. The zero-order valence-corrected chi connectivity index (χ0v) is 18.8. The number of carbonyl (C=O) groups is 1. The van der Waals surface area contributed by atoms with Gasteiger partial charge >= 0.3 is 0 Å². The molecule has 0 bridgehead atoms. The summed E-state index contributed by atoms with van der Waals surface area (Å²) in [6.45, 7) is 3.38. The van der Waals surface area contributed by atoms with Gasteiger partial charge in [0.2, 0.25) is 5.91 Å². The van der Waals surface area contributed by atoms with Gasteiger partial charge in [-0.25, -0.2) is 4.98 Å². The number of fused-ring (bicyclic) bond motifs is 1. The molecular formula is C22H32N6O2S. The number of thioether (sulfide) groups is 1. The molecule has 1 amide bonds. The van der Waals surface area contributed by atoms with E-state index in [1.807, 2.05) is 24.0 Å². The number of nitrogens with two attached hydrogens (primary N) is 2. The van der Waals surface area contributed by atoms with Gasteiger partial charge in [0.05, 0.1) is 28.5 Å². The van der Waals surface area contributed by atoms with Crippen molar-refractivity contribution in [1.82, 2.24) is 14.9 Å². The number of benzene rings is 1. The highest BCUT2D eigenvalue weighted by molar-refractivity contribution is 7.99. The molecule has 2 aromatic rings. The van der Waals surface area contributed by atoms with Crippen LogP contribution in [0, 0.1) is 12.3 Å². The quantitative estimate of drug-likeness (QED) is 0.265. The molecule has 0 aliphatic carbocycles. The van der Waals surface area contributed by atoms with E-state index >= 15 is 0 Å². The summed E-state index contributed by atoms with van der Waals surface area (Å²) in [5.41, 5.74) is 13.1. The second kappa shape index (κ2) is 10.8. The first-order chi connectivity index (χ1) is 14.8. The highest BCUT2D eigenvalue weighted by Gasteiger charge is 2.26. The maximum absolute atomic E-state index is 12.6. The molecule has 9 heteroatoms. The number of aromatic nitrogens is 2. The summed E-state index contributed by atoms with van der Waals surface area (Å²) in [5, 5.41) is 8.28. The molecule has 6 N–H and O–H groups in total. The maximum atomic E-state index is 12.6. The first-order valence-electron chi connectivity index (χ1n) is 10.8. The first-order valence-corrected chi connectivity index (χ1v) is 11.9. The van der Waals surface area contributed by atoms with Crippen LogP contribution < -0.4 is 17.0 Å². The van der Waals surface area contributed by atoms with Crippen LogP contribution in [-0.4, -0.2) is 51.0 Å². The average Bonchev–Trinajstić information content (AvgIpc) is 2.75. The lowest BCUT2D eigenvalue weighted by molar-refractivity contribution is -0.133. The van der Waals surface area contributed by atoms with E-state index in [0.717, 1.165) is 36.8 Å². The summed E-state index contributed by atoms with van der Waals surface area (Å²) in [5.74, 6) is 1.54. The van der Waals surface area contributed by atoms with E-state index < -0.39 is 6.04 Å². The topological polar surface area (TPSA) is 142 Å². The van der Waals surface area contributed by atoms with Crippen LogP contribution in [0.15, 0.2) is 23.0 Å². The fourth-order valence-electron chi connectivity index (χ4n) is 3.90. The third kappa shape index (κ3) is 6.30. The number of unbranched alkanes of at least 4 members (excludes halogenated alkanes) is 1. The van der Waals surface area contributed by atoms with Crippen molar-refractivity contribution in [3.63, 3.8) is 0 Å². The standard InChI is InChI=1S/C22H32N6O2S/c1-14-5-4-6-16-20(14)26-19(27-21(16)29)13-31-15-9-11-28(12-10-15)22(30)17(23)7-2-3-8-18(24)25/h4-6,15,17H,2-3,7-13,23H2,1H3,(H3,24,25)(H,26,27,29)/t17-/m0/s1. The Morgan fingerprint density at radius 3 is 2.81 bits per heavy atom. The molecule has 0 unspecified atom stereocenters. The number of aryl methyl sites for hydroxylation is 1. The van der Waals surface area contributed by atoms with E-state index in [-0.39, 0.29) is 17.3 Å². The largest absolute Gasteiger partial charge is 0.388 e.